The summed E-state index contributed by atoms with van der Waals surface area (Å²) in [7, 11) is 3.16. The first-order valence-corrected chi connectivity index (χ1v) is 9.94. The van der Waals surface area contributed by atoms with E-state index in [1.54, 1.807) is 32.4 Å². The van der Waals surface area contributed by atoms with Crippen molar-refractivity contribution < 1.29 is 19.1 Å². The van der Waals surface area contributed by atoms with Crippen LogP contribution in [0.2, 0.25) is 0 Å². The molecule has 2 aliphatic carbocycles. The van der Waals surface area contributed by atoms with Gasteiger partial charge in [0.25, 0.3) is 0 Å². The molecule has 0 bridgehead atoms. The third-order valence-electron chi connectivity index (χ3n) is 7.32. The first-order valence-electron chi connectivity index (χ1n) is 9.94. The number of methoxy groups -OCH3 is 2. The van der Waals surface area contributed by atoms with Gasteiger partial charge in [-0.1, -0.05) is 34.1 Å². The molecular formula is C23H32O4. The van der Waals surface area contributed by atoms with E-state index in [0.717, 1.165) is 19.3 Å². The molecule has 2 saturated carbocycles. The van der Waals surface area contributed by atoms with Crippen LogP contribution in [0.15, 0.2) is 18.2 Å². The first kappa shape index (κ1) is 19.9. The van der Waals surface area contributed by atoms with E-state index in [0.29, 0.717) is 23.5 Å². The zero-order valence-corrected chi connectivity index (χ0v) is 17.4. The fraction of sp³-hybridized carbons (Fsp3) is 0.652. The number of carbonyl (C=O) groups excluding carboxylic acids is 2. The molecular weight excluding hydrogens is 340 g/mol. The molecule has 27 heavy (non-hydrogen) atoms. The Bertz CT molecular complexity index is 728. The molecule has 0 aliphatic heterocycles. The van der Waals surface area contributed by atoms with Gasteiger partial charge in [-0.25, -0.2) is 0 Å². The van der Waals surface area contributed by atoms with Crippen molar-refractivity contribution >= 4 is 11.6 Å². The lowest BCUT2D eigenvalue weighted by Crippen LogP contribution is -2.56. The molecule has 3 rings (SSSR count). The van der Waals surface area contributed by atoms with E-state index >= 15 is 0 Å². The van der Waals surface area contributed by atoms with Gasteiger partial charge < -0.3 is 9.47 Å². The zero-order chi connectivity index (χ0) is 20.0. The maximum atomic E-state index is 13.7. The smallest absolute Gasteiger partial charge is 0.167 e. The molecule has 0 amide bonds. The van der Waals surface area contributed by atoms with Gasteiger partial charge in [0.1, 0.15) is 17.3 Å². The Morgan fingerprint density at radius 1 is 1.04 bits per heavy atom. The molecule has 0 saturated heterocycles. The van der Waals surface area contributed by atoms with Crippen molar-refractivity contribution in [1.29, 1.82) is 0 Å². The van der Waals surface area contributed by atoms with Crippen molar-refractivity contribution in [3.8, 4) is 11.5 Å². The molecule has 0 aromatic heterocycles. The topological polar surface area (TPSA) is 52.6 Å². The lowest BCUT2D eigenvalue weighted by molar-refractivity contribution is -0.143. The van der Waals surface area contributed by atoms with Crippen molar-refractivity contribution in [3.05, 3.63) is 23.8 Å². The average Bonchev–Trinajstić information content (AvgIpc) is 2.63. The van der Waals surface area contributed by atoms with E-state index in [1.165, 1.54) is 0 Å². The molecule has 1 aromatic carbocycles. The van der Waals surface area contributed by atoms with Crippen LogP contribution in [0.4, 0.5) is 0 Å². The second-order valence-electron chi connectivity index (χ2n) is 9.30. The number of benzene rings is 1. The third kappa shape index (κ3) is 3.28. The number of rotatable bonds is 4. The summed E-state index contributed by atoms with van der Waals surface area (Å²) >= 11 is 0. The highest BCUT2D eigenvalue weighted by Crippen LogP contribution is 2.60. The Morgan fingerprint density at radius 2 is 1.63 bits per heavy atom. The van der Waals surface area contributed by atoms with Crippen molar-refractivity contribution in [2.24, 2.45) is 28.6 Å². The van der Waals surface area contributed by atoms with E-state index in [9.17, 15) is 9.59 Å². The van der Waals surface area contributed by atoms with Gasteiger partial charge in [-0.3, -0.25) is 9.59 Å². The second-order valence-corrected chi connectivity index (χ2v) is 9.30. The Labute approximate surface area is 162 Å². The second kappa shape index (κ2) is 6.96. The predicted octanol–water partition coefficient (Wildman–Crippen LogP) is 4.94. The van der Waals surface area contributed by atoms with Crippen LogP contribution in [-0.4, -0.2) is 25.8 Å². The fourth-order valence-corrected chi connectivity index (χ4v) is 5.85. The maximum Gasteiger partial charge on any atom is 0.167 e. The summed E-state index contributed by atoms with van der Waals surface area (Å²) in [5.74, 6) is 1.13. The van der Waals surface area contributed by atoms with Crippen LogP contribution in [0.5, 0.6) is 11.5 Å². The van der Waals surface area contributed by atoms with Gasteiger partial charge in [-0.15, -0.1) is 0 Å². The van der Waals surface area contributed by atoms with Crippen LogP contribution in [0.3, 0.4) is 0 Å². The highest BCUT2D eigenvalue weighted by molar-refractivity contribution is 6.02. The largest absolute Gasteiger partial charge is 0.497 e. The fourth-order valence-electron chi connectivity index (χ4n) is 5.85. The molecule has 4 heteroatoms. The molecule has 4 atom stereocenters. The Hall–Kier alpha value is -1.84. The average molecular weight is 373 g/mol. The summed E-state index contributed by atoms with van der Waals surface area (Å²) in [4.78, 5) is 26.6. The first-order chi connectivity index (χ1) is 12.6. The Balaban J connectivity index is 2.07. The third-order valence-corrected chi connectivity index (χ3v) is 7.32. The molecule has 0 N–H and O–H groups in total. The van der Waals surface area contributed by atoms with Gasteiger partial charge >= 0.3 is 0 Å². The van der Waals surface area contributed by atoms with Crippen molar-refractivity contribution in [2.75, 3.05) is 14.2 Å². The van der Waals surface area contributed by atoms with Gasteiger partial charge in [-0.05, 0) is 41.7 Å². The highest BCUT2D eigenvalue weighted by atomic mass is 16.5. The van der Waals surface area contributed by atoms with Crippen LogP contribution in [0, 0.1) is 28.6 Å². The quantitative estimate of drug-likeness (QED) is 0.702. The van der Waals surface area contributed by atoms with E-state index in [-0.39, 0.29) is 40.2 Å². The molecule has 0 radical (unpaired) electrons. The van der Waals surface area contributed by atoms with Crippen molar-refractivity contribution in [2.45, 2.75) is 53.4 Å². The van der Waals surface area contributed by atoms with E-state index in [2.05, 4.69) is 20.8 Å². The monoisotopic (exact) mass is 372 g/mol. The molecule has 0 heterocycles. The Kier molecular flexibility index (Phi) is 5.13. The van der Waals surface area contributed by atoms with E-state index in [4.69, 9.17) is 9.47 Å². The summed E-state index contributed by atoms with van der Waals surface area (Å²) in [6.45, 7) is 8.69. The molecule has 148 valence electrons. The zero-order valence-electron chi connectivity index (χ0n) is 17.4. The Morgan fingerprint density at radius 3 is 2.19 bits per heavy atom. The molecule has 0 spiro atoms. The van der Waals surface area contributed by atoms with Crippen LogP contribution in [-0.2, 0) is 4.79 Å². The van der Waals surface area contributed by atoms with Gasteiger partial charge in [0.05, 0.1) is 14.2 Å². The SMILES string of the molecule is COc1cc(OC)cc(C(=O)C2C(C)C(=O)CC3C(C)(C)CCCC23C)c1. The normalized spacial score (nSPS) is 32.5. The van der Waals surface area contributed by atoms with Gasteiger partial charge in [0, 0.05) is 29.9 Å². The number of ketones is 2. The van der Waals surface area contributed by atoms with Crippen molar-refractivity contribution in [1.82, 2.24) is 0 Å². The highest BCUT2D eigenvalue weighted by Gasteiger charge is 2.58. The van der Waals surface area contributed by atoms with Gasteiger partial charge in [0.2, 0.25) is 0 Å². The summed E-state index contributed by atoms with van der Waals surface area (Å²) in [6, 6.07) is 5.30. The number of fused-ring (bicyclic) bond motifs is 1. The summed E-state index contributed by atoms with van der Waals surface area (Å²) in [6.07, 6.45) is 3.81. The summed E-state index contributed by atoms with van der Waals surface area (Å²) in [5, 5.41) is 0. The van der Waals surface area contributed by atoms with Crippen LogP contribution >= 0.6 is 0 Å². The number of Topliss-reactive ketones (excluding diaryl/α,β-unsaturated/α-hetero) is 2. The minimum Gasteiger partial charge on any atom is -0.497 e. The summed E-state index contributed by atoms with van der Waals surface area (Å²) in [5.41, 5.74) is 0.483. The van der Waals surface area contributed by atoms with Crippen molar-refractivity contribution in [3.63, 3.8) is 0 Å². The number of hydrogen-bond donors (Lipinski definition) is 0. The number of hydrogen-bond acceptors (Lipinski definition) is 4. The number of ether oxygens (including phenoxy) is 2. The minimum atomic E-state index is -0.305. The van der Waals surface area contributed by atoms with Crippen LogP contribution < -0.4 is 9.47 Å². The molecule has 1 aromatic rings. The lowest BCUT2D eigenvalue weighted by atomic mass is 9.45. The van der Waals surface area contributed by atoms with Gasteiger partial charge in [-0.2, -0.15) is 0 Å². The predicted molar refractivity (Wildman–Crippen MR) is 105 cm³/mol. The van der Waals surface area contributed by atoms with Gasteiger partial charge in [0.15, 0.2) is 5.78 Å². The molecule has 4 unspecified atom stereocenters. The van der Waals surface area contributed by atoms with E-state index in [1.807, 2.05) is 6.92 Å². The van der Waals surface area contributed by atoms with Crippen LogP contribution in [0.25, 0.3) is 0 Å². The van der Waals surface area contributed by atoms with E-state index < -0.39 is 0 Å². The minimum absolute atomic E-state index is 0.0398. The summed E-state index contributed by atoms with van der Waals surface area (Å²) < 4.78 is 10.7. The number of carbonyl (C=O) groups is 2. The molecule has 2 aliphatic rings. The van der Waals surface area contributed by atoms with Crippen LogP contribution in [0.1, 0.15) is 63.7 Å². The maximum absolute atomic E-state index is 13.7. The molecule has 2 fully saturated rings. The standard InChI is InChI=1S/C23H32O4/c1-14-18(24)13-19-22(2,3)8-7-9-23(19,4)20(14)21(25)15-10-16(26-5)12-17(11-15)27-6/h10-12,14,19-20H,7-9,13H2,1-6H3. The lowest BCUT2D eigenvalue weighted by Gasteiger charge is -2.57. The molecule has 4 nitrogen and oxygen atoms in total.